The van der Waals surface area contributed by atoms with Gasteiger partial charge in [0.05, 0.1) is 4.47 Å². The Morgan fingerprint density at radius 2 is 1.68 bits per heavy atom. The highest BCUT2D eigenvalue weighted by atomic mass is 79.9. The van der Waals surface area contributed by atoms with Gasteiger partial charge in [-0.05, 0) is 76.1 Å². The predicted molar refractivity (Wildman–Crippen MR) is 158 cm³/mol. The van der Waals surface area contributed by atoms with E-state index >= 15 is 0 Å². The quantitative estimate of drug-likeness (QED) is 0.240. The van der Waals surface area contributed by atoms with Crippen molar-refractivity contribution >= 4 is 39.3 Å². The fraction of sp³-hybridized carbons (Fsp3) is 0.355. The van der Waals surface area contributed by atoms with Gasteiger partial charge in [-0.15, -0.1) is 0 Å². The minimum absolute atomic E-state index is 0.0180. The minimum atomic E-state index is -0.728. The molecule has 0 spiro atoms. The van der Waals surface area contributed by atoms with Crippen molar-refractivity contribution in [2.24, 2.45) is 0 Å². The first-order valence-corrected chi connectivity index (χ1v) is 14.2. The second kappa shape index (κ2) is 14.4. The van der Waals surface area contributed by atoms with Crippen LogP contribution in [0, 0.1) is 0 Å². The Morgan fingerprint density at radius 3 is 2.32 bits per heavy atom. The number of nitrogens with one attached hydrogen (secondary N) is 1. The molecule has 0 bridgehead atoms. The molecule has 38 heavy (non-hydrogen) atoms. The van der Waals surface area contributed by atoms with E-state index in [1.807, 2.05) is 80.6 Å². The molecule has 2 atom stereocenters. The van der Waals surface area contributed by atoms with Crippen molar-refractivity contribution in [1.29, 1.82) is 0 Å². The van der Waals surface area contributed by atoms with E-state index in [9.17, 15) is 9.59 Å². The Balaban J connectivity index is 1.91. The molecule has 0 saturated carbocycles. The third kappa shape index (κ3) is 8.60. The average Bonchev–Trinajstić information content (AvgIpc) is 2.90. The normalized spacial score (nSPS) is 12.6. The molecule has 0 saturated heterocycles. The smallest absolute Gasteiger partial charge is 0.261 e. The molecular formula is C31H36BrClN2O3. The molecule has 7 heteroatoms. The van der Waals surface area contributed by atoms with E-state index in [1.165, 1.54) is 5.56 Å². The molecule has 0 aliphatic carbocycles. The summed E-state index contributed by atoms with van der Waals surface area (Å²) in [5.74, 6) is 0.471. The molecule has 0 heterocycles. The van der Waals surface area contributed by atoms with E-state index in [0.717, 1.165) is 22.0 Å². The highest BCUT2D eigenvalue weighted by Crippen LogP contribution is 2.29. The van der Waals surface area contributed by atoms with Crippen LogP contribution in [0.25, 0.3) is 0 Å². The van der Waals surface area contributed by atoms with E-state index in [0.29, 0.717) is 23.1 Å². The molecular weight excluding hydrogens is 564 g/mol. The first-order chi connectivity index (χ1) is 18.2. The molecule has 0 aliphatic heterocycles. The van der Waals surface area contributed by atoms with E-state index < -0.39 is 6.04 Å². The van der Waals surface area contributed by atoms with Crippen molar-refractivity contribution in [3.8, 4) is 5.75 Å². The number of benzene rings is 3. The summed E-state index contributed by atoms with van der Waals surface area (Å²) in [5, 5.41) is 3.65. The Morgan fingerprint density at radius 1 is 0.974 bits per heavy atom. The molecule has 3 aromatic rings. The van der Waals surface area contributed by atoms with Crippen molar-refractivity contribution in [3.63, 3.8) is 0 Å². The highest BCUT2D eigenvalue weighted by Gasteiger charge is 2.31. The number of halogens is 2. The lowest BCUT2D eigenvalue weighted by Gasteiger charge is -2.32. The van der Waals surface area contributed by atoms with Gasteiger partial charge in [0.25, 0.3) is 5.91 Å². The summed E-state index contributed by atoms with van der Waals surface area (Å²) in [7, 11) is 0. The molecule has 5 nitrogen and oxygen atoms in total. The van der Waals surface area contributed by atoms with Crippen LogP contribution >= 0.6 is 27.5 Å². The molecule has 0 radical (unpaired) electrons. The Labute approximate surface area is 239 Å². The maximum atomic E-state index is 13.8. The number of hydrogen-bond acceptors (Lipinski definition) is 3. The standard InChI is InChI=1S/C31H36BrClN2O3/c1-5-22(4)34-31(37)28(17-23-10-7-6-8-11-23)35(19-24-12-9-13-26(33)16-24)30(36)20-38-29-15-14-25(21(2)3)18-27(29)32/h6-16,18,21-22,28H,5,17,19-20H2,1-4H3,(H,34,37)/t22-,28-/m0/s1. The van der Waals surface area contributed by atoms with Crippen molar-refractivity contribution in [1.82, 2.24) is 10.2 Å². The highest BCUT2D eigenvalue weighted by molar-refractivity contribution is 9.10. The number of hydrogen-bond donors (Lipinski definition) is 1. The maximum absolute atomic E-state index is 13.8. The van der Waals surface area contributed by atoms with E-state index in [4.69, 9.17) is 16.3 Å². The van der Waals surface area contributed by atoms with Crippen molar-refractivity contribution in [2.75, 3.05) is 6.61 Å². The second-order valence-electron chi connectivity index (χ2n) is 9.81. The predicted octanol–water partition coefficient (Wildman–Crippen LogP) is 7.16. The number of carbonyl (C=O) groups is 2. The number of rotatable bonds is 12. The lowest BCUT2D eigenvalue weighted by Crippen LogP contribution is -2.53. The Hall–Kier alpha value is -2.83. The van der Waals surface area contributed by atoms with Crippen LogP contribution in [0.3, 0.4) is 0 Å². The molecule has 0 unspecified atom stereocenters. The molecule has 0 aromatic heterocycles. The zero-order chi connectivity index (χ0) is 27.7. The van der Waals surface area contributed by atoms with Gasteiger partial charge in [-0.3, -0.25) is 9.59 Å². The third-order valence-electron chi connectivity index (χ3n) is 6.49. The molecule has 0 aliphatic rings. The van der Waals surface area contributed by atoms with Crippen LogP contribution in [0.5, 0.6) is 5.75 Å². The van der Waals surface area contributed by atoms with Crippen LogP contribution in [0.2, 0.25) is 5.02 Å². The Bertz CT molecular complexity index is 1220. The van der Waals surface area contributed by atoms with Crippen LogP contribution in [0.1, 0.15) is 56.7 Å². The number of carbonyl (C=O) groups excluding carboxylic acids is 2. The number of ether oxygens (including phenoxy) is 1. The summed E-state index contributed by atoms with van der Waals surface area (Å²) in [6.07, 6.45) is 1.16. The molecule has 0 fully saturated rings. The Kier molecular flexibility index (Phi) is 11.2. The SMILES string of the molecule is CC[C@H](C)NC(=O)[C@H](Cc1ccccc1)N(Cc1cccc(Cl)c1)C(=O)COc1ccc(C(C)C)cc1Br. The van der Waals surface area contributed by atoms with Crippen LogP contribution in [-0.4, -0.2) is 35.4 Å². The fourth-order valence-electron chi connectivity index (χ4n) is 4.04. The van der Waals surface area contributed by atoms with Crippen molar-refractivity contribution in [3.05, 3.63) is 99.0 Å². The van der Waals surface area contributed by atoms with Crippen molar-refractivity contribution in [2.45, 2.75) is 65.1 Å². The van der Waals surface area contributed by atoms with Crippen LogP contribution in [0.15, 0.2) is 77.3 Å². The topological polar surface area (TPSA) is 58.6 Å². The fourth-order valence-corrected chi connectivity index (χ4v) is 4.77. The van der Waals surface area contributed by atoms with Gasteiger partial charge >= 0.3 is 0 Å². The molecule has 202 valence electrons. The molecule has 2 amide bonds. The van der Waals surface area contributed by atoms with Crippen LogP contribution in [-0.2, 0) is 22.6 Å². The summed E-state index contributed by atoms with van der Waals surface area (Å²) in [4.78, 5) is 28.9. The van der Waals surface area contributed by atoms with Crippen molar-refractivity contribution < 1.29 is 14.3 Å². The van der Waals surface area contributed by atoms with Crippen LogP contribution in [0.4, 0.5) is 0 Å². The molecule has 3 aromatic carbocycles. The van der Waals surface area contributed by atoms with Gasteiger partial charge in [-0.25, -0.2) is 0 Å². The lowest BCUT2D eigenvalue weighted by atomic mass is 10.0. The third-order valence-corrected chi connectivity index (χ3v) is 7.34. The average molecular weight is 600 g/mol. The summed E-state index contributed by atoms with van der Waals surface area (Å²) in [5.41, 5.74) is 2.97. The lowest BCUT2D eigenvalue weighted by molar-refractivity contribution is -0.143. The van der Waals surface area contributed by atoms with Gasteiger partial charge in [0, 0.05) is 24.0 Å². The van der Waals surface area contributed by atoms with Gasteiger partial charge in [-0.2, -0.15) is 0 Å². The van der Waals surface area contributed by atoms with E-state index in [2.05, 4.69) is 35.1 Å². The number of nitrogens with zero attached hydrogens (tertiary/aromatic N) is 1. The summed E-state index contributed by atoms with van der Waals surface area (Å²) < 4.78 is 6.75. The largest absolute Gasteiger partial charge is 0.483 e. The molecule has 1 N–H and O–H groups in total. The molecule has 3 rings (SSSR count). The number of amides is 2. The summed E-state index contributed by atoms with van der Waals surface area (Å²) in [6, 6.07) is 22.2. The minimum Gasteiger partial charge on any atom is -0.483 e. The second-order valence-corrected chi connectivity index (χ2v) is 11.1. The zero-order valence-electron chi connectivity index (χ0n) is 22.4. The van der Waals surface area contributed by atoms with E-state index in [1.54, 1.807) is 11.0 Å². The van der Waals surface area contributed by atoms with Crippen LogP contribution < -0.4 is 10.1 Å². The summed E-state index contributed by atoms with van der Waals surface area (Å²) in [6.45, 7) is 8.24. The van der Waals surface area contributed by atoms with Gasteiger partial charge in [0.1, 0.15) is 11.8 Å². The van der Waals surface area contributed by atoms with E-state index in [-0.39, 0.29) is 31.0 Å². The first kappa shape index (κ1) is 29.7. The van der Waals surface area contributed by atoms with Gasteiger partial charge < -0.3 is 15.0 Å². The summed E-state index contributed by atoms with van der Waals surface area (Å²) >= 11 is 9.82. The van der Waals surface area contributed by atoms with Gasteiger partial charge in [-0.1, -0.05) is 80.9 Å². The van der Waals surface area contributed by atoms with Gasteiger partial charge in [0.15, 0.2) is 6.61 Å². The zero-order valence-corrected chi connectivity index (χ0v) is 24.8. The monoisotopic (exact) mass is 598 g/mol. The first-order valence-electron chi connectivity index (χ1n) is 13.0. The van der Waals surface area contributed by atoms with Gasteiger partial charge in [0.2, 0.25) is 5.91 Å². The maximum Gasteiger partial charge on any atom is 0.261 e.